The minimum Gasteiger partial charge on any atom is -0.504 e. The Hall–Kier alpha value is -1.49. The molecular weight excluding hydrogens is 372 g/mol. The largest absolute Gasteiger partial charge is 0.504 e. The summed E-state index contributed by atoms with van der Waals surface area (Å²) in [5.74, 6) is 1.88. The number of hydrogen-bond acceptors (Lipinski definition) is 4. The van der Waals surface area contributed by atoms with Crippen LogP contribution in [-0.2, 0) is 21.4 Å². The minimum atomic E-state index is -0.337. The summed E-state index contributed by atoms with van der Waals surface area (Å²) < 4.78 is 11.7. The second kappa shape index (κ2) is 5.51. The van der Waals surface area contributed by atoms with E-state index in [0.717, 1.165) is 41.3 Å². The quantitative estimate of drug-likeness (QED) is 0.829. The topological polar surface area (TPSA) is 55.8 Å². The Morgan fingerprint density at radius 2 is 2.12 bits per heavy atom. The molecule has 1 aromatic rings. The number of allylic oxidation sites excluding steroid dienone is 2. The number of Topliss-reactive ketones (excluding diaryl/α,β-unsaturated/α-hetero) is 1. The first-order valence-corrected chi connectivity index (χ1v) is 9.19. The fourth-order valence-electron chi connectivity index (χ4n) is 5.21. The third-order valence-corrected chi connectivity index (χ3v) is 6.86. The van der Waals surface area contributed by atoms with E-state index < -0.39 is 0 Å². The van der Waals surface area contributed by atoms with Crippen molar-refractivity contribution in [3.05, 3.63) is 33.5 Å². The van der Waals surface area contributed by atoms with Crippen LogP contribution in [0, 0.1) is 11.8 Å². The molecule has 0 aliphatic heterocycles. The summed E-state index contributed by atoms with van der Waals surface area (Å²) in [4.78, 5) is 12.6. The van der Waals surface area contributed by atoms with Gasteiger partial charge < -0.3 is 14.6 Å². The Balaban J connectivity index is 2.00. The van der Waals surface area contributed by atoms with E-state index >= 15 is 0 Å². The van der Waals surface area contributed by atoms with Crippen molar-refractivity contribution in [1.82, 2.24) is 0 Å². The first-order valence-electron chi connectivity index (χ1n) is 8.39. The highest BCUT2D eigenvalue weighted by Gasteiger charge is 2.55. The van der Waals surface area contributed by atoms with Crippen LogP contribution in [-0.4, -0.2) is 25.1 Å². The van der Waals surface area contributed by atoms with E-state index in [4.69, 9.17) is 9.47 Å². The SMILES string of the molecule is COC1=CC2C3CCC[C@]2(CC1=O)c1c(O)c(OC)cc(Br)c1C3. The molecule has 1 saturated carbocycles. The zero-order valence-electron chi connectivity index (χ0n) is 13.9. The molecule has 24 heavy (non-hydrogen) atoms. The standard InChI is InChI=1S/C19H21BrO4/c1-23-15-7-12-10-4-3-5-19(12,9-14(15)21)17-11(6-10)13(20)8-16(24-2)18(17)22/h7-8,10,12,22H,3-6,9H2,1-2H3/t10?,12?,19-/m1/s1. The molecule has 2 unspecified atom stereocenters. The van der Waals surface area contributed by atoms with Gasteiger partial charge in [0.15, 0.2) is 23.0 Å². The van der Waals surface area contributed by atoms with Gasteiger partial charge in [0.25, 0.3) is 0 Å². The average Bonchev–Trinajstić information content (AvgIpc) is 2.56. The predicted molar refractivity (Wildman–Crippen MR) is 93.3 cm³/mol. The van der Waals surface area contributed by atoms with Gasteiger partial charge in [-0.1, -0.05) is 22.4 Å². The molecule has 1 aromatic carbocycles. The van der Waals surface area contributed by atoms with Crippen molar-refractivity contribution >= 4 is 21.7 Å². The first-order chi connectivity index (χ1) is 11.5. The lowest BCUT2D eigenvalue weighted by atomic mass is 9.50. The minimum absolute atomic E-state index is 0.0283. The van der Waals surface area contributed by atoms with Gasteiger partial charge in [0, 0.05) is 21.9 Å². The van der Waals surface area contributed by atoms with Crippen LogP contribution in [0.15, 0.2) is 22.4 Å². The highest BCUT2D eigenvalue weighted by molar-refractivity contribution is 9.10. The van der Waals surface area contributed by atoms with Crippen molar-refractivity contribution in [3.63, 3.8) is 0 Å². The van der Waals surface area contributed by atoms with Gasteiger partial charge in [-0.2, -0.15) is 0 Å². The van der Waals surface area contributed by atoms with E-state index in [1.807, 2.05) is 12.1 Å². The fraction of sp³-hybridized carbons (Fsp3) is 0.526. The number of aromatic hydroxyl groups is 1. The van der Waals surface area contributed by atoms with Gasteiger partial charge in [0.2, 0.25) is 0 Å². The van der Waals surface area contributed by atoms with Crippen LogP contribution in [0.1, 0.15) is 36.8 Å². The number of fused-ring (bicyclic) bond motifs is 1. The van der Waals surface area contributed by atoms with Crippen LogP contribution in [0.4, 0.5) is 0 Å². The molecule has 2 bridgehead atoms. The predicted octanol–water partition coefficient (Wildman–Crippen LogP) is 3.88. The lowest BCUT2D eigenvalue weighted by molar-refractivity contribution is -0.122. The number of ketones is 1. The molecule has 0 aromatic heterocycles. The van der Waals surface area contributed by atoms with Crippen molar-refractivity contribution < 1.29 is 19.4 Å². The number of phenols is 1. The summed E-state index contributed by atoms with van der Waals surface area (Å²) in [6.07, 6.45) is 6.46. The monoisotopic (exact) mass is 392 g/mol. The smallest absolute Gasteiger partial charge is 0.197 e. The molecule has 0 saturated heterocycles. The summed E-state index contributed by atoms with van der Waals surface area (Å²) in [5, 5.41) is 10.9. The van der Waals surface area contributed by atoms with E-state index in [2.05, 4.69) is 15.9 Å². The molecule has 0 radical (unpaired) electrons. The number of benzene rings is 1. The van der Waals surface area contributed by atoms with Gasteiger partial charge in [-0.05, 0) is 48.8 Å². The summed E-state index contributed by atoms with van der Waals surface area (Å²) >= 11 is 3.65. The van der Waals surface area contributed by atoms with Crippen LogP contribution in [0.25, 0.3) is 0 Å². The molecule has 4 rings (SSSR count). The van der Waals surface area contributed by atoms with Crippen LogP contribution in [0.3, 0.4) is 0 Å². The maximum absolute atomic E-state index is 12.6. The molecule has 128 valence electrons. The average molecular weight is 393 g/mol. The van der Waals surface area contributed by atoms with Crippen LogP contribution < -0.4 is 4.74 Å². The van der Waals surface area contributed by atoms with E-state index in [1.165, 1.54) is 0 Å². The summed E-state index contributed by atoms with van der Waals surface area (Å²) in [5.41, 5.74) is 1.71. The number of rotatable bonds is 2. The molecule has 3 atom stereocenters. The molecular formula is C19H21BrO4. The molecule has 0 spiro atoms. The van der Waals surface area contributed by atoms with Gasteiger partial charge in [0.05, 0.1) is 14.2 Å². The van der Waals surface area contributed by atoms with Gasteiger partial charge in [-0.25, -0.2) is 0 Å². The zero-order chi connectivity index (χ0) is 17.1. The second-order valence-electron chi connectivity index (χ2n) is 7.14. The van der Waals surface area contributed by atoms with Gasteiger partial charge in [0.1, 0.15) is 0 Å². The van der Waals surface area contributed by atoms with Crippen LogP contribution in [0.5, 0.6) is 11.5 Å². The fourth-order valence-corrected chi connectivity index (χ4v) is 5.78. The molecule has 3 aliphatic rings. The third kappa shape index (κ3) is 2.00. The number of hydrogen-bond donors (Lipinski definition) is 1. The number of ether oxygens (including phenoxy) is 2. The Bertz CT molecular complexity index is 754. The van der Waals surface area contributed by atoms with E-state index in [0.29, 0.717) is 23.8 Å². The summed E-state index contributed by atoms with van der Waals surface area (Å²) in [7, 11) is 3.12. The lowest BCUT2D eigenvalue weighted by Crippen LogP contribution is -2.50. The zero-order valence-corrected chi connectivity index (χ0v) is 15.5. The Kier molecular flexibility index (Phi) is 3.68. The highest BCUT2D eigenvalue weighted by Crippen LogP contribution is 2.61. The Morgan fingerprint density at radius 3 is 2.83 bits per heavy atom. The van der Waals surface area contributed by atoms with Crippen molar-refractivity contribution in [1.29, 1.82) is 0 Å². The number of phenolic OH excluding ortho intramolecular Hbond substituents is 1. The highest BCUT2D eigenvalue weighted by atomic mass is 79.9. The maximum Gasteiger partial charge on any atom is 0.197 e. The van der Waals surface area contributed by atoms with Crippen LogP contribution in [0.2, 0.25) is 0 Å². The van der Waals surface area contributed by atoms with Gasteiger partial charge in [-0.3, -0.25) is 4.79 Å². The molecule has 1 fully saturated rings. The first kappa shape index (κ1) is 16.0. The molecule has 3 aliphatic carbocycles. The van der Waals surface area contributed by atoms with E-state index in [-0.39, 0.29) is 22.9 Å². The van der Waals surface area contributed by atoms with Crippen molar-refractivity contribution in [2.45, 2.75) is 37.5 Å². The van der Waals surface area contributed by atoms with Gasteiger partial charge in [-0.15, -0.1) is 0 Å². The van der Waals surface area contributed by atoms with E-state index in [9.17, 15) is 9.90 Å². The molecule has 4 nitrogen and oxygen atoms in total. The number of halogens is 1. The van der Waals surface area contributed by atoms with Crippen molar-refractivity contribution in [2.75, 3.05) is 14.2 Å². The third-order valence-electron chi connectivity index (χ3n) is 6.15. The summed E-state index contributed by atoms with van der Waals surface area (Å²) in [6.45, 7) is 0. The molecule has 5 heteroatoms. The molecule has 1 N–H and O–H groups in total. The van der Waals surface area contributed by atoms with Crippen LogP contribution >= 0.6 is 15.9 Å². The number of carbonyl (C=O) groups excluding carboxylic acids is 1. The Morgan fingerprint density at radius 1 is 1.33 bits per heavy atom. The summed E-state index contributed by atoms with van der Waals surface area (Å²) in [6, 6.07) is 1.84. The van der Waals surface area contributed by atoms with Gasteiger partial charge >= 0.3 is 0 Å². The van der Waals surface area contributed by atoms with Crippen molar-refractivity contribution in [3.8, 4) is 11.5 Å². The van der Waals surface area contributed by atoms with E-state index in [1.54, 1.807) is 14.2 Å². The Labute approximate surface area is 150 Å². The second-order valence-corrected chi connectivity index (χ2v) is 7.99. The molecule has 0 amide bonds. The number of methoxy groups -OCH3 is 2. The normalized spacial score (nSPS) is 31.0. The van der Waals surface area contributed by atoms with Crippen molar-refractivity contribution in [2.24, 2.45) is 11.8 Å². The molecule has 0 heterocycles. The number of carbonyl (C=O) groups is 1. The maximum atomic E-state index is 12.6. The lowest BCUT2D eigenvalue weighted by Gasteiger charge is -2.53.